The van der Waals surface area contributed by atoms with Gasteiger partial charge in [0.2, 0.25) is 0 Å². The number of nitrogens with one attached hydrogen (secondary N) is 1. The molecule has 0 unspecified atom stereocenters. The first-order chi connectivity index (χ1) is 9.29. The van der Waals surface area contributed by atoms with Crippen molar-refractivity contribution < 1.29 is 9.90 Å². The summed E-state index contributed by atoms with van der Waals surface area (Å²) >= 11 is 1.37. The van der Waals surface area contributed by atoms with Gasteiger partial charge in [-0.3, -0.25) is 10.1 Å². The lowest BCUT2D eigenvalue weighted by Crippen LogP contribution is -2.11. The van der Waals surface area contributed by atoms with E-state index in [0.29, 0.717) is 17.1 Å². The summed E-state index contributed by atoms with van der Waals surface area (Å²) in [5.41, 5.74) is 1.28. The number of anilines is 1. The Bertz CT molecular complexity index is 612. The summed E-state index contributed by atoms with van der Waals surface area (Å²) < 4.78 is 0. The summed E-state index contributed by atoms with van der Waals surface area (Å²) in [6.07, 6.45) is 2.06. The average molecular weight is 272 g/mol. The molecule has 0 saturated heterocycles. The normalized spacial score (nSPS) is 9.53. The second-order valence-corrected chi connectivity index (χ2v) is 4.54. The SMILES string of the molecule is O=C(Nc1nccs1)c1cccc(C#CCCO)c1. The van der Waals surface area contributed by atoms with Gasteiger partial charge in [0.05, 0.1) is 6.61 Å². The minimum atomic E-state index is -0.208. The van der Waals surface area contributed by atoms with Gasteiger partial charge >= 0.3 is 0 Å². The van der Waals surface area contributed by atoms with Gasteiger partial charge < -0.3 is 5.11 Å². The highest BCUT2D eigenvalue weighted by Crippen LogP contribution is 2.13. The topological polar surface area (TPSA) is 62.2 Å². The molecule has 0 spiro atoms. The third-order valence-corrected chi connectivity index (χ3v) is 2.94. The number of aromatic nitrogens is 1. The molecule has 0 aliphatic carbocycles. The molecule has 2 aromatic rings. The highest BCUT2D eigenvalue weighted by Gasteiger charge is 2.07. The first kappa shape index (κ1) is 13.3. The van der Waals surface area contributed by atoms with Crippen molar-refractivity contribution in [2.24, 2.45) is 0 Å². The van der Waals surface area contributed by atoms with Crippen LogP contribution in [0, 0.1) is 11.8 Å². The van der Waals surface area contributed by atoms with Crippen molar-refractivity contribution in [1.29, 1.82) is 0 Å². The lowest BCUT2D eigenvalue weighted by molar-refractivity contribution is 0.102. The predicted molar refractivity (Wildman–Crippen MR) is 75.1 cm³/mol. The van der Waals surface area contributed by atoms with Crippen LogP contribution in [0.25, 0.3) is 0 Å². The molecule has 1 heterocycles. The molecule has 0 aliphatic heterocycles. The van der Waals surface area contributed by atoms with E-state index in [1.165, 1.54) is 11.3 Å². The summed E-state index contributed by atoms with van der Waals surface area (Å²) in [6, 6.07) is 7.04. The Labute approximate surface area is 115 Å². The fourth-order valence-corrected chi connectivity index (χ4v) is 1.94. The van der Waals surface area contributed by atoms with E-state index in [9.17, 15) is 4.79 Å². The number of hydrogen-bond acceptors (Lipinski definition) is 4. The van der Waals surface area contributed by atoms with Crippen LogP contribution in [0.4, 0.5) is 5.13 Å². The zero-order valence-electron chi connectivity index (χ0n) is 10.1. The Balaban J connectivity index is 2.10. The number of hydrogen-bond donors (Lipinski definition) is 2. The molecule has 5 heteroatoms. The van der Waals surface area contributed by atoms with Crippen molar-refractivity contribution in [2.45, 2.75) is 6.42 Å². The number of nitrogens with zero attached hydrogens (tertiary/aromatic N) is 1. The average Bonchev–Trinajstić information content (AvgIpc) is 2.92. The molecule has 4 nitrogen and oxygen atoms in total. The largest absolute Gasteiger partial charge is 0.395 e. The Morgan fingerprint density at radius 2 is 2.37 bits per heavy atom. The van der Waals surface area contributed by atoms with Gasteiger partial charge in [0, 0.05) is 29.1 Å². The van der Waals surface area contributed by atoms with Crippen LogP contribution >= 0.6 is 11.3 Å². The number of thiazole rings is 1. The summed E-state index contributed by atoms with van der Waals surface area (Å²) in [4.78, 5) is 16.0. The summed E-state index contributed by atoms with van der Waals surface area (Å²) in [5, 5.41) is 13.7. The van der Waals surface area contributed by atoms with Crippen LogP contribution < -0.4 is 5.32 Å². The highest BCUT2D eigenvalue weighted by atomic mass is 32.1. The Kier molecular flexibility index (Phi) is 4.67. The number of aliphatic hydroxyl groups excluding tert-OH is 1. The molecule has 19 heavy (non-hydrogen) atoms. The minimum Gasteiger partial charge on any atom is -0.395 e. The number of carbonyl (C=O) groups excluding carboxylic acids is 1. The Morgan fingerprint density at radius 3 is 3.11 bits per heavy atom. The molecule has 2 N–H and O–H groups in total. The molecule has 1 aromatic heterocycles. The first-order valence-electron chi connectivity index (χ1n) is 5.70. The molecular formula is C14H12N2O2S. The molecule has 0 atom stereocenters. The maximum absolute atomic E-state index is 12.0. The van der Waals surface area contributed by atoms with E-state index < -0.39 is 0 Å². The van der Waals surface area contributed by atoms with Crippen LogP contribution in [0.5, 0.6) is 0 Å². The lowest BCUT2D eigenvalue weighted by Gasteiger charge is -2.01. The molecule has 0 bridgehead atoms. The second-order valence-electron chi connectivity index (χ2n) is 3.65. The van der Waals surface area contributed by atoms with Gasteiger partial charge in [-0.1, -0.05) is 17.9 Å². The number of carbonyl (C=O) groups is 1. The van der Waals surface area contributed by atoms with Crippen molar-refractivity contribution in [3.63, 3.8) is 0 Å². The number of rotatable bonds is 3. The molecule has 0 aliphatic rings. The first-order valence-corrected chi connectivity index (χ1v) is 6.58. The van der Waals surface area contributed by atoms with E-state index in [-0.39, 0.29) is 12.5 Å². The van der Waals surface area contributed by atoms with Crippen LogP contribution in [-0.2, 0) is 0 Å². The van der Waals surface area contributed by atoms with E-state index in [0.717, 1.165) is 5.56 Å². The fourth-order valence-electron chi connectivity index (χ4n) is 1.41. The second kappa shape index (κ2) is 6.69. The van der Waals surface area contributed by atoms with Crippen molar-refractivity contribution in [1.82, 2.24) is 4.98 Å². The number of benzene rings is 1. The third kappa shape index (κ3) is 3.91. The third-order valence-electron chi connectivity index (χ3n) is 2.25. The van der Waals surface area contributed by atoms with Crippen LogP contribution in [0.2, 0.25) is 0 Å². The van der Waals surface area contributed by atoms with Crippen molar-refractivity contribution in [3.05, 3.63) is 47.0 Å². The molecule has 1 amide bonds. The monoisotopic (exact) mass is 272 g/mol. The van der Waals surface area contributed by atoms with Gasteiger partial charge in [-0.15, -0.1) is 11.3 Å². The van der Waals surface area contributed by atoms with Gasteiger partial charge in [0.1, 0.15) is 0 Å². The molecule has 0 fully saturated rings. The van der Waals surface area contributed by atoms with Crippen molar-refractivity contribution >= 4 is 22.4 Å². The highest BCUT2D eigenvalue weighted by molar-refractivity contribution is 7.13. The van der Waals surface area contributed by atoms with Crippen molar-refractivity contribution in [3.8, 4) is 11.8 Å². The van der Waals surface area contributed by atoms with Crippen LogP contribution in [0.15, 0.2) is 35.8 Å². The van der Waals surface area contributed by atoms with E-state index in [1.807, 2.05) is 6.07 Å². The van der Waals surface area contributed by atoms with E-state index in [2.05, 4.69) is 22.1 Å². The zero-order valence-corrected chi connectivity index (χ0v) is 10.9. The van der Waals surface area contributed by atoms with Gasteiger partial charge in [-0.2, -0.15) is 0 Å². The smallest absolute Gasteiger partial charge is 0.257 e. The maximum Gasteiger partial charge on any atom is 0.257 e. The van der Waals surface area contributed by atoms with Crippen LogP contribution in [-0.4, -0.2) is 22.6 Å². The standard InChI is InChI=1S/C14H12N2O2S/c17-8-2-1-4-11-5-3-6-12(10-11)13(18)16-14-15-7-9-19-14/h3,5-7,9-10,17H,2,8H2,(H,15,16,18). The number of amides is 1. The Morgan fingerprint density at radius 1 is 1.47 bits per heavy atom. The fraction of sp³-hybridized carbons (Fsp3) is 0.143. The molecule has 96 valence electrons. The van der Waals surface area contributed by atoms with Gasteiger partial charge in [-0.25, -0.2) is 4.98 Å². The molecule has 1 aromatic carbocycles. The lowest BCUT2D eigenvalue weighted by atomic mass is 10.1. The van der Waals surface area contributed by atoms with Gasteiger partial charge in [0.25, 0.3) is 5.91 Å². The van der Waals surface area contributed by atoms with E-state index in [1.54, 1.807) is 29.8 Å². The number of aliphatic hydroxyl groups is 1. The van der Waals surface area contributed by atoms with Crippen molar-refractivity contribution in [2.75, 3.05) is 11.9 Å². The molecule has 0 saturated carbocycles. The van der Waals surface area contributed by atoms with E-state index >= 15 is 0 Å². The molecule has 0 radical (unpaired) electrons. The summed E-state index contributed by atoms with van der Waals surface area (Å²) in [5.74, 6) is 5.51. The van der Waals surface area contributed by atoms with Crippen LogP contribution in [0.3, 0.4) is 0 Å². The van der Waals surface area contributed by atoms with E-state index in [4.69, 9.17) is 5.11 Å². The van der Waals surface area contributed by atoms with Crippen LogP contribution in [0.1, 0.15) is 22.3 Å². The zero-order chi connectivity index (χ0) is 13.5. The minimum absolute atomic E-state index is 0.0389. The van der Waals surface area contributed by atoms with Gasteiger partial charge in [0.15, 0.2) is 5.13 Å². The molecule has 2 rings (SSSR count). The Hall–Kier alpha value is -2.16. The molecular weight excluding hydrogens is 260 g/mol. The van der Waals surface area contributed by atoms with Gasteiger partial charge in [-0.05, 0) is 18.2 Å². The maximum atomic E-state index is 12.0. The quantitative estimate of drug-likeness (QED) is 0.841. The predicted octanol–water partition coefficient (Wildman–Crippen LogP) is 2.13. The summed E-state index contributed by atoms with van der Waals surface area (Å²) in [6.45, 7) is 0.0389. The summed E-state index contributed by atoms with van der Waals surface area (Å²) in [7, 11) is 0.